The summed E-state index contributed by atoms with van der Waals surface area (Å²) in [5.41, 5.74) is 5.75. The second-order valence-electron chi connectivity index (χ2n) is 4.89. The van der Waals surface area contributed by atoms with Gasteiger partial charge < -0.3 is 16.0 Å². The molecule has 2 heterocycles. The number of nitrogens with zero attached hydrogens (tertiary/aromatic N) is 2. The van der Waals surface area contributed by atoms with Gasteiger partial charge in [0.1, 0.15) is 10.7 Å². The predicted octanol–water partition coefficient (Wildman–Crippen LogP) is 1.25. The summed E-state index contributed by atoms with van der Waals surface area (Å²) >= 11 is 5.90. The molecule has 1 saturated heterocycles. The lowest BCUT2D eigenvalue weighted by molar-refractivity contribution is 0.0906. The van der Waals surface area contributed by atoms with Crippen molar-refractivity contribution in [3.63, 3.8) is 0 Å². The number of halogens is 1. The average molecular weight is 286 g/mol. The highest BCUT2D eigenvalue weighted by molar-refractivity contribution is 6.35. The van der Waals surface area contributed by atoms with E-state index in [1.165, 1.54) is 6.42 Å². The number of nitrogen functional groups attached to an aromatic ring is 1. The molecular weight excluding hydrogens is 266 g/mol. The zero-order valence-corrected chi connectivity index (χ0v) is 11.8. The molecule has 1 amide bonds. The fourth-order valence-corrected chi connectivity index (χ4v) is 2.54. The number of H-pyrrole nitrogens is 1. The number of anilines is 1. The van der Waals surface area contributed by atoms with Crippen molar-refractivity contribution >= 4 is 23.3 Å². The van der Waals surface area contributed by atoms with E-state index in [2.05, 4.69) is 27.3 Å². The van der Waals surface area contributed by atoms with Gasteiger partial charge in [-0.15, -0.1) is 0 Å². The van der Waals surface area contributed by atoms with Crippen LogP contribution in [0.2, 0.25) is 5.02 Å². The highest BCUT2D eigenvalue weighted by Gasteiger charge is 2.23. The van der Waals surface area contributed by atoms with Crippen LogP contribution in [0.4, 0.5) is 5.82 Å². The fourth-order valence-electron chi connectivity index (χ4n) is 2.37. The number of aromatic amines is 1. The molecule has 0 bridgehead atoms. The minimum atomic E-state index is -0.233. The Kier molecular flexibility index (Phi) is 4.66. The van der Waals surface area contributed by atoms with E-state index in [4.69, 9.17) is 17.3 Å². The van der Waals surface area contributed by atoms with Crippen molar-refractivity contribution in [1.82, 2.24) is 20.4 Å². The maximum Gasteiger partial charge on any atom is 0.271 e. The molecule has 106 valence electrons. The van der Waals surface area contributed by atoms with Gasteiger partial charge in [0.2, 0.25) is 0 Å². The van der Waals surface area contributed by atoms with Crippen molar-refractivity contribution in [1.29, 1.82) is 0 Å². The Balaban J connectivity index is 1.86. The molecule has 6 nitrogen and oxygen atoms in total. The first-order valence-electron chi connectivity index (χ1n) is 6.64. The summed E-state index contributed by atoms with van der Waals surface area (Å²) in [6, 6.07) is 0.196. The van der Waals surface area contributed by atoms with Gasteiger partial charge in [0, 0.05) is 19.1 Å². The number of carbonyl (C=O) groups excluding carboxylic acids is 1. The number of aromatic nitrogens is 2. The largest absolute Gasteiger partial charge is 0.381 e. The first-order chi connectivity index (χ1) is 9.11. The Morgan fingerprint density at radius 2 is 2.26 bits per heavy atom. The number of amides is 1. The van der Waals surface area contributed by atoms with Crippen LogP contribution >= 0.6 is 11.6 Å². The lowest BCUT2D eigenvalue weighted by Gasteiger charge is -2.31. The summed E-state index contributed by atoms with van der Waals surface area (Å²) in [4.78, 5) is 14.4. The molecule has 4 N–H and O–H groups in total. The van der Waals surface area contributed by atoms with Gasteiger partial charge in [-0.3, -0.25) is 9.89 Å². The quantitative estimate of drug-likeness (QED) is 0.777. The topological polar surface area (TPSA) is 87.0 Å². The first-order valence-corrected chi connectivity index (χ1v) is 7.02. The number of hydrogen-bond donors (Lipinski definition) is 3. The summed E-state index contributed by atoms with van der Waals surface area (Å²) < 4.78 is 0. The minimum absolute atomic E-state index is 0.157. The van der Waals surface area contributed by atoms with Crippen LogP contribution in [0.3, 0.4) is 0 Å². The van der Waals surface area contributed by atoms with Crippen LogP contribution in [0, 0.1) is 0 Å². The lowest BCUT2D eigenvalue weighted by Crippen LogP contribution is -2.44. The van der Waals surface area contributed by atoms with E-state index in [0.29, 0.717) is 0 Å². The summed E-state index contributed by atoms with van der Waals surface area (Å²) in [6.07, 6.45) is 3.10. The Hall–Kier alpha value is -1.27. The van der Waals surface area contributed by atoms with Crippen molar-refractivity contribution in [2.45, 2.75) is 32.2 Å². The molecule has 0 saturated carbocycles. The third-order valence-electron chi connectivity index (χ3n) is 3.42. The number of rotatable bonds is 4. The molecule has 1 aromatic rings. The van der Waals surface area contributed by atoms with E-state index < -0.39 is 0 Å². The van der Waals surface area contributed by atoms with Crippen LogP contribution in [0.5, 0.6) is 0 Å². The molecule has 1 aromatic heterocycles. The number of hydrogen-bond acceptors (Lipinski definition) is 4. The average Bonchev–Trinajstić information content (AvgIpc) is 2.73. The Labute approximate surface area is 117 Å². The maximum atomic E-state index is 12.0. The number of nitrogens with two attached hydrogens (primary N) is 1. The van der Waals surface area contributed by atoms with Crippen LogP contribution in [0.25, 0.3) is 0 Å². The van der Waals surface area contributed by atoms with E-state index in [-0.39, 0.29) is 28.5 Å². The smallest absolute Gasteiger partial charge is 0.271 e. The Morgan fingerprint density at radius 1 is 1.58 bits per heavy atom. The number of nitrogens with one attached hydrogen (secondary N) is 2. The van der Waals surface area contributed by atoms with E-state index in [0.717, 1.165) is 32.5 Å². The van der Waals surface area contributed by atoms with Gasteiger partial charge in [0.15, 0.2) is 5.82 Å². The normalized spacial score (nSPS) is 17.6. The molecule has 1 aliphatic rings. The van der Waals surface area contributed by atoms with Crippen LogP contribution in [0.1, 0.15) is 36.7 Å². The molecule has 19 heavy (non-hydrogen) atoms. The summed E-state index contributed by atoms with van der Waals surface area (Å²) in [6.45, 7) is 5.36. The molecule has 0 spiro atoms. The third kappa shape index (κ3) is 3.39. The minimum Gasteiger partial charge on any atom is -0.381 e. The molecule has 0 unspecified atom stereocenters. The second kappa shape index (κ2) is 6.25. The Bertz CT molecular complexity index is 439. The molecule has 0 atom stereocenters. The molecule has 7 heteroatoms. The van der Waals surface area contributed by atoms with E-state index in [1.54, 1.807) is 0 Å². The van der Waals surface area contributed by atoms with Gasteiger partial charge in [-0.25, -0.2) is 0 Å². The summed E-state index contributed by atoms with van der Waals surface area (Å²) in [7, 11) is 0. The van der Waals surface area contributed by atoms with Crippen LogP contribution < -0.4 is 11.1 Å². The van der Waals surface area contributed by atoms with Crippen LogP contribution in [0.15, 0.2) is 0 Å². The second-order valence-corrected chi connectivity index (χ2v) is 5.27. The van der Waals surface area contributed by atoms with E-state index in [9.17, 15) is 4.79 Å². The zero-order valence-electron chi connectivity index (χ0n) is 11.1. The van der Waals surface area contributed by atoms with Crippen molar-refractivity contribution in [2.75, 3.05) is 25.4 Å². The molecule has 1 fully saturated rings. The molecule has 2 rings (SSSR count). The monoisotopic (exact) mass is 285 g/mol. The van der Waals surface area contributed by atoms with Gasteiger partial charge >= 0.3 is 0 Å². The highest BCUT2D eigenvalue weighted by atomic mass is 35.5. The van der Waals surface area contributed by atoms with Gasteiger partial charge in [0.25, 0.3) is 5.91 Å². The first kappa shape index (κ1) is 14.1. The van der Waals surface area contributed by atoms with Gasteiger partial charge in [-0.2, -0.15) is 5.10 Å². The molecule has 1 aliphatic heterocycles. The molecule has 0 aromatic carbocycles. The molecule has 0 aliphatic carbocycles. The highest BCUT2D eigenvalue weighted by Crippen LogP contribution is 2.20. The SMILES string of the molecule is CCCN1CCC(NC(=O)c2[nH]nc(N)c2Cl)CC1. The maximum absolute atomic E-state index is 12.0. The summed E-state index contributed by atoms with van der Waals surface area (Å²) in [5.74, 6) is -0.0762. The fraction of sp³-hybridized carbons (Fsp3) is 0.667. The van der Waals surface area contributed by atoms with Gasteiger partial charge in [-0.1, -0.05) is 18.5 Å². The van der Waals surface area contributed by atoms with Gasteiger partial charge in [-0.05, 0) is 25.8 Å². The van der Waals surface area contributed by atoms with Crippen molar-refractivity contribution < 1.29 is 4.79 Å². The summed E-state index contributed by atoms with van der Waals surface area (Å²) in [5, 5.41) is 9.45. The molecular formula is C12H20ClN5O. The number of carbonyl (C=O) groups is 1. The third-order valence-corrected chi connectivity index (χ3v) is 3.80. The van der Waals surface area contributed by atoms with Gasteiger partial charge in [0.05, 0.1) is 0 Å². The van der Waals surface area contributed by atoms with Crippen molar-refractivity contribution in [3.05, 3.63) is 10.7 Å². The molecule has 0 radical (unpaired) electrons. The van der Waals surface area contributed by atoms with E-state index in [1.807, 2.05) is 0 Å². The standard InChI is InChI=1S/C12H20ClN5O/c1-2-5-18-6-3-8(4-7-18)15-12(19)10-9(13)11(14)17-16-10/h8H,2-7H2,1H3,(H,15,19)(H3,14,16,17). The predicted molar refractivity (Wildman–Crippen MR) is 75.2 cm³/mol. The zero-order chi connectivity index (χ0) is 13.8. The number of likely N-dealkylation sites (tertiary alicyclic amines) is 1. The van der Waals surface area contributed by atoms with Crippen molar-refractivity contribution in [3.8, 4) is 0 Å². The van der Waals surface area contributed by atoms with Crippen LogP contribution in [-0.2, 0) is 0 Å². The van der Waals surface area contributed by atoms with Crippen LogP contribution in [-0.4, -0.2) is 46.7 Å². The number of piperidine rings is 1. The lowest BCUT2D eigenvalue weighted by atomic mass is 10.0. The van der Waals surface area contributed by atoms with E-state index >= 15 is 0 Å². The Morgan fingerprint density at radius 3 is 2.79 bits per heavy atom. The van der Waals surface area contributed by atoms with Crippen molar-refractivity contribution in [2.24, 2.45) is 0 Å².